The first-order valence-electron chi connectivity index (χ1n) is 9.46. The number of thioether (sulfide) groups is 1. The Morgan fingerprint density at radius 1 is 1.00 bits per heavy atom. The van der Waals surface area contributed by atoms with Crippen LogP contribution in [0.5, 0.6) is 11.5 Å². The number of ether oxygens (including phenoxy) is 4. The zero-order valence-corrected chi connectivity index (χ0v) is 19.7. The molecule has 168 valence electrons. The third kappa shape index (κ3) is 6.73. The maximum absolute atomic E-state index is 12.6. The lowest BCUT2D eigenvalue weighted by atomic mass is 10.2. The summed E-state index contributed by atoms with van der Waals surface area (Å²) in [5, 5.41) is -0.556. The molecular weight excluding hydrogens is 494 g/mol. The fraction of sp³-hybridized carbons (Fsp3) is 0.400. The van der Waals surface area contributed by atoms with Gasteiger partial charge in [0, 0.05) is 4.47 Å². The maximum Gasteiger partial charge on any atom is 0.344 e. The molecule has 0 aliphatic carbocycles. The van der Waals surface area contributed by atoms with Crippen molar-refractivity contribution < 1.29 is 38.1 Å². The van der Waals surface area contributed by atoms with Gasteiger partial charge in [-0.3, -0.25) is 19.3 Å². The van der Waals surface area contributed by atoms with E-state index in [4.69, 9.17) is 18.9 Å². The van der Waals surface area contributed by atoms with Crippen molar-refractivity contribution in [1.82, 2.24) is 4.90 Å². The molecule has 1 saturated heterocycles. The van der Waals surface area contributed by atoms with Crippen molar-refractivity contribution in [2.24, 2.45) is 0 Å². The van der Waals surface area contributed by atoms with Crippen LogP contribution in [0.3, 0.4) is 0 Å². The third-order valence-electron chi connectivity index (χ3n) is 3.77. The van der Waals surface area contributed by atoms with Crippen LogP contribution in [0.4, 0.5) is 4.79 Å². The number of halogens is 1. The minimum absolute atomic E-state index is 0.151. The second-order valence-electron chi connectivity index (χ2n) is 5.92. The molecule has 31 heavy (non-hydrogen) atoms. The van der Waals surface area contributed by atoms with Gasteiger partial charge >= 0.3 is 11.9 Å². The number of benzene rings is 1. The molecule has 1 heterocycles. The van der Waals surface area contributed by atoms with Crippen molar-refractivity contribution in [3.63, 3.8) is 0 Å². The van der Waals surface area contributed by atoms with E-state index in [2.05, 4.69) is 15.9 Å². The summed E-state index contributed by atoms with van der Waals surface area (Å²) in [5.41, 5.74) is 0.550. The first-order chi connectivity index (χ1) is 14.8. The Kier molecular flexibility index (Phi) is 9.38. The Balaban J connectivity index is 2.25. The Hall–Kier alpha value is -2.53. The average Bonchev–Trinajstić information content (AvgIpc) is 2.97. The van der Waals surface area contributed by atoms with Crippen LogP contribution in [0, 0.1) is 0 Å². The topological polar surface area (TPSA) is 108 Å². The van der Waals surface area contributed by atoms with Gasteiger partial charge < -0.3 is 18.9 Å². The highest BCUT2D eigenvalue weighted by Crippen LogP contribution is 2.38. The molecule has 9 nitrogen and oxygen atoms in total. The zero-order chi connectivity index (χ0) is 23.0. The van der Waals surface area contributed by atoms with Crippen LogP contribution in [0.15, 0.2) is 21.5 Å². The van der Waals surface area contributed by atoms with Crippen LogP contribution in [0.25, 0.3) is 6.08 Å². The smallest absolute Gasteiger partial charge is 0.344 e. The molecule has 0 atom stereocenters. The lowest BCUT2D eigenvalue weighted by Crippen LogP contribution is -2.34. The number of carbonyl (C=O) groups is 4. The molecule has 0 N–H and O–H groups in total. The van der Waals surface area contributed by atoms with Crippen molar-refractivity contribution in [1.29, 1.82) is 0 Å². The van der Waals surface area contributed by atoms with Crippen molar-refractivity contribution >= 4 is 56.9 Å². The summed E-state index contributed by atoms with van der Waals surface area (Å²) >= 11 is 4.12. The molecule has 2 rings (SSSR count). The average molecular weight is 516 g/mol. The van der Waals surface area contributed by atoms with Crippen molar-refractivity contribution in [2.45, 2.75) is 20.8 Å². The van der Waals surface area contributed by atoms with Gasteiger partial charge in [-0.05, 0) is 56.3 Å². The standard InChI is InChI=1S/C20H22BrNO8S/c1-4-27-14-7-12(13(21)9-15(14)30-11-18(24)29-6-3)8-16-19(25)22(20(26)31-16)10-17(23)28-5-2/h7-9H,4-6,10-11H2,1-3H3/b16-8+. The molecule has 2 amide bonds. The third-order valence-corrected chi connectivity index (χ3v) is 5.36. The number of imide groups is 1. The minimum Gasteiger partial charge on any atom is -0.490 e. The molecule has 0 bridgehead atoms. The van der Waals surface area contributed by atoms with Crippen LogP contribution in [0.1, 0.15) is 26.3 Å². The van der Waals surface area contributed by atoms with E-state index in [0.29, 0.717) is 28.1 Å². The van der Waals surface area contributed by atoms with Crippen LogP contribution in [0.2, 0.25) is 0 Å². The SMILES string of the molecule is CCOC(=O)COc1cc(Br)c(/C=C2/SC(=O)N(CC(=O)OCC)C2=O)cc1OCC. The highest BCUT2D eigenvalue weighted by atomic mass is 79.9. The van der Waals surface area contributed by atoms with Crippen LogP contribution in [-0.2, 0) is 23.9 Å². The Bertz CT molecular complexity index is 901. The first-order valence-corrected chi connectivity index (χ1v) is 11.1. The Morgan fingerprint density at radius 2 is 1.65 bits per heavy atom. The monoisotopic (exact) mass is 515 g/mol. The van der Waals surface area contributed by atoms with E-state index in [1.54, 1.807) is 32.9 Å². The largest absolute Gasteiger partial charge is 0.490 e. The normalized spacial score (nSPS) is 14.7. The predicted molar refractivity (Wildman–Crippen MR) is 117 cm³/mol. The maximum atomic E-state index is 12.6. The summed E-state index contributed by atoms with van der Waals surface area (Å²) in [6.45, 7) is 5.14. The van der Waals surface area contributed by atoms with Gasteiger partial charge in [0.2, 0.25) is 0 Å². The number of hydrogen-bond donors (Lipinski definition) is 0. The van der Waals surface area contributed by atoms with Gasteiger partial charge in [0.25, 0.3) is 11.1 Å². The number of rotatable bonds is 10. The molecule has 1 aromatic rings. The summed E-state index contributed by atoms with van der Waals surface area (Å²) < 4.78 is 21.3. The number of esters is 2. The van der Waals surface area contributed by atoms with Gasteiger partial charge in [0.1, 0.15) is 6.54 Å². The van der Waals surface area contributed by atoms with Crippen molar-refractivity contribution in [2.75, 3.05) is 33.0 Å². The molecule has 11 heteroatoms. The molecule has 0 aromatic heterocycles. The molecule has 0 unspecified atom stereocenters. The summed E-state index contributed by atoms with van der Waals surface area (Å²) in [4.78, 5) is 48.9. The quantitative estimate of drug-likeness (QED) is 0.342. The summed E-state index contributed by atoms with van der Waals surface area (Å²) in [7, 11) is 0. The van der Waals surface area contributed by atoms with Crippen molar-refractivity contribution in [3.8, 4) is 11.5 Å². The first kappa shape index (κ1) is 24.7. The van der Waals surface area contributed by atoms with E-state index in [1.165, 1.54) is 6.08 Å². The predicted octanol–water partition coefficient (Wildman–Crippen LogP) is 3.39. The number of hydrogen-bond acceptors (Lipinski definition) is 9. The van der Waals surface area contributed by atoms with Crippen molar-refractivity contribution in [3.05, 3.63) is 27.1 Å². The number of carbonyl (C=O) groups excluding carboxylic acids is 4. The molecule has 1 aromatic carbocycles. The number of amides is 2. The molecule has 0 radical (unpaired) electrons. The Labute approximate surface area is 192 Å². The van der Waals surface area contributed by atoms with E-state index in [1.807, 2.05) is 0 Å². The molecule has 1 aliphatic heterocycles. The highest BCUT2D eigenvalue weighted by Gasteiger charge is 2.36. The van der Waals surface area contributed by atoms with Gasteiger partial charge in [0.05, 0.1) is 24.7 Å². The van der Waals surface area contributed by atoms with Gasteiger partial charge in [-0.1, -0.05) is 15.9 Å². The molecule has 0 spiro atoms. The van der Waals surface area contributed by atoms with Crippen LogP contribution < -0.4 is 9.47 Å². The molecular formula is C20H22BrNO8S. The molecule has 0 saturated carbocycles. The minimum atomic E-state index is -0.658. The van der Waals surface area contributed by atoms with E-state index < -0.39 is 29.6 Å². The van der Waals surface area contributed by atoms with Gasteiger partial charge in [-0.15, -0.1) is 0 Å². The van der Waals surface area contributed by atoms with Gasteiger partial charge in [-0.2, -0.15) is 0 Å². The Morgan fingerprint density at radius 3 is 2.29 bits per heavy atom. The van der Waals surface area contributed by atoms with Gasteiger partial charge in [-0.25, -0.2) is 4.79 Å². The lowest BCUT2D eigenvalue weighted by Gasteiger charge is -2.14. The van der Waals surface area contributed by atoms with Crippen LogP contribution >= 0.6 is 27.7 Å². The van der Waals surface area contributed by atoms with Crippen LogP contribution in [-0.4, -0.2) is 61.0 Å². The second-order valence-corrected chi connectivity index (χ2v) is 7.77. The van der Waals surface area contributed by atoms with E-state index in [9.17, 15) is 19.2 Å². The fourth-order valence-electron chi connectivity index (χ4n) is 2.50. The summed E-state index contributed by atoms with van der Waals surface area (Å²) in [5.74, 6) is -1.09. The van der Waals surface area contributed by atoms with E-state index >= 15 is 0 Å². The summed E-state index contributed by atoms with van der Waals surface area (Å²) in [6.07, 6.45) is 1.51. The highest BCUT2D eigenvalue weighted by molar-refractivity contribution is 9.10. The summed E-state index contributed by atoms with van der Waals surface area (Å²) in [6, 6.07) is 3.21. The molecule has 1 fully saturated rings. The zero-order valence-electron chi connectivity index (χ0n) is 17.3. The molecule has 1 aliphatic rings. The lowest BCUT2D eigenvalue weighted by molar-refractivity contribution is -0.146. The van der Waals surface area contributed by atoms with Gasteiger partial charge in [0.15, 0.2) is 18.1 Å². The fourth-order valence-corrected chi connectivity index (χ4v) is 3.76. The second kappa shape index (κ2) is 11.8. The van der Waals surface area contributed by atoms with E-state index in [-0.39, 0.29) is 24.7 Å². The van der Waals surface area contributed by atoms with E-state index in [0.717, 1.165) is 16.7 Å². The number of nitrogens with zero attached hydrogens (tertiary/aromatic N) is 1.